The second kappa shape index (κ2) is 4.16. The number of rotatable bonds is 1. The summed E-state index contributed by atoms with van der Waals surface area (Å²) in [7, 11) is -3.77. The number of aryl methyl sites for hydroxylation is 2. The Morgan fingerprint density at radius 1 is 1.21 bits per heavy atom. The summed E-state index contributed by atoms with van der Waals surface area (Å²) in [5, 5.41) is 0. The van der Waals surface area contributed by atoms with Crippen LogP contribution in [0.1, 0.15) is 36.8 Å². The van der Waals surface area contributed by atoms with Gasteiger partial charge in [-0.1, -0.05) is 0 Å². The number of hydrogen-bond donors (Lipinski definition) is 1. The minimum absolute atomic E-state index is 0.0689. The first-order valence-electron chi connectivity index (χ1n) is 6.31. The summed E-state index contributed by atoms with van der Waals surface area (Å²) in [6, 6.07) is 0. The third kappa shape index (κ3) is 1.86. The fourth-order valence-corrected chi connectivity index (χ4v) is 3.57. The zero-order valence-corrected chi connectivity index (χ0v) is 11.4. The van der Waals surface area contributed by atoms with Crippen molar-refractivity contribution < 1.29 is 8.42 Å². The van der Waals surface area contributed by atoms with Gasteiger partial charge in [0.1, 0.15) is 5.69 Å². The Labute approximate surface area is 111 Å². The summed E-state index contributed by atoms with van der Waals surface area (Å²) in [6.45, 7) is 2.00. The van der Waals surface area contributed by atoms with Crippen molar-refractivity contribution in [1.82, 2.24) is 9.97 Å². The topological polar surface area (TPSA) is 102 Å². The van der Waals surface area contributed by atoms with Crippen LogP contribution in [0.25, 0.3) is 0 Å². The molecule has 3 rings (SSSR count). The van der Waals surface area contributed by atoms with Gasteiger partial charge in [0.15, 0.2) is 11.7 Å². The molecule has 2 N–H and O–H groups in total. The fourth-order valence-electron chi connectivity index (χ4n) is 2.46. The summed E-state index contributed by atoms with van der Waals surface area (Å²) >= 11 is 0. The first-order chi connectivity index (χ1) is 9.03. The van der Waals surface area contributed by atoms with E-state index in [4.69, 9.17) is 5.73 Å². The highest BCUT2D eigenvalue weighted by Crippen LogP contribution is 2.28. The Balaban J connectivity index is 2.24. The molecule has 1 aliphatic carbocycles. The maximum atomic E-state index is 11.9. The van der Waals surface area contributed by atoms with E-state index in [0.29, 0.717) is 11.5 Å². The Hall–Kier alpha value is -1.70. The zero-order chi connectivity index (χ0) is 13.6. The average Bonchev–Trinajstić information content (AvgIpc) is 2.36. The highest BCUT2D eigenvalue weighted by molar-refractivity contribution is 7.91. The first-order valence-corrected chi connectivity index (χ1v) is 7.71. The van der Waals surface area contributed by atoms with Crippen molar-refractivity contribution >= 4 is 21.9 Å². The Morgan fingerprint density at radius 3 is 2.47 bits per heavy atom. The average molecular weight is 281 g/mol. The number of amidine groups is 1. The highest BCUT2D eigenvalue weighted by Gasteiger charge is 2.33. The molecule has 0 unspecified atom stereocenters. The normalized spacial score (nSPS) is 20.5. The molecule has 0 aromatic carbocycles. The number of fused-ring (bicyclic) bond motifs is 2. The van der Waals surface area contributed by atoms with Gasteiger partial charge in [-0.2, -0.15) is 8.42 Å². The lowest BCUT2D eigenvalue weighted by atomic mass is 10.0. The molecule has 0 bridgehead atoms. The molecule has 0 saturated heterocycles. The second-order valence-corrected chi connectivity index (χ2v) is 6.13. The van der Waals surface area contributed by atoms with E-state index in [1.54, 1.807) is 6.92 Å². The van der Waals surface area contributed by atoms with Crippen LogP contribution in [-0.2, 0) is 23.1 Å². The van der Waals surface area contributed by atoms with Crippen molar-refractivity contribution in [3.05, 3.63) is 17.1 Å². The zero-order valence-electron chi connectivity index (χ0n) is 10.6. The molecule has 2 aliphatic rings. The number of nitrogens with two attached hydrogens (primary N) is 1. The molecule has 1 aliphatic heterocycles. The molecule has 0 spiro atoms. The summed E-state index contributed by atoms with van der Waals surface area (Å²) in [6.07, 6.45) is 3.84. The molecule has 0 radical (unpaired) electrons. The summed E-state index contributed by atoms with van der Waals surface area (Å²) < 4.78 is 28.6. The van der Waals surface area contributed by atoms with Crippen molar-refractivity contribution in [2.45, 2.75) is 32.6 Å². The standard InChI is InChI=1S/C11H15N5O2S/c1-2-16-11-9(10(12)15-19(16,17)18)13-7-5-3-4-6-8(7)14-11/h2-6H2,1H3,(H2,12,15). The molecule has 19 heavy (non-hydrogen) atoms. The minimum atomic E-state index is -3.77. The van der Waals surface area contributed by atoms with Crippen LogP contribution < -0.4 is 10.0 Å². The van der Waals surface area contributed by atoms with E-state index in [-0.39, 0.29) is 12.4 Å². The van der Waals surface area contributed by atoms with Crippen LogP contribution >= 0.6 is 0 Å². The lowest BCUT2D eigenvalue weighted by molar-refractivity contribution is 0.591. The van der Waals surface area contributed by atoms with E-state index in [1.807, 2.05) is 0 Å². The molecule has 7 nitrogen and oxygen atoms in total. The molecule has 0 atom stereocenters. The van der Waals surface area contributed by atoms with Crippen LogP contribution in [-0.4, -0.2) is 30.8 Å². The highest BCUT2D eigenvalue weighted by atomic mass is 32.2. The Kier molecular flexibility index (Phi) is 2.70. The molecule has 8 heteroatoms. The summed E-state index contributed by atoms with van der Waals surface area (Å²) in [5.74, 6) is 0.247. The van der Waals surface area contributed by atoms with E-state index in [9.17, 15) is 8.42 Å². The SMILES string of the molecule is CCN1c2nc3c(nc2C(N)=NS1(=O)=O)CCCC3. The van der Waals surface area contributed by atoms with Crippen LogP contribution in [0.2, 0.25) is 0 Å². The third-order valence-electron chi connectivity index (χ3n) is 3.37. The predicted octanol–water partition coefficient (Wildman–Crippen LogP) is 0.145. The quantitative estimate of drug-likeness (QED) is 0.789. The van der Waals surface area contributed by atoms with E-state index < -0.39 is 10.2 Å². The molecule has 1 aromatic rings. The molecule has 102 valence electrons. The maximum absolute atomic E-state index is 11.9. The van der Waals surface area contributed by atoms with Crippen molar-refractivity contribution in [1.29, 1.82) is 0 Å². The second-order valence-electron chi connectivity index (χ2n) is 4.62. The third-order valence-corrected chi connectivity index (χ3v) is 4.78. The van der Waals surface area contributed by atoms with Gasteiger partial charge in [0.05, 0.1) is 11.4 Å². The van der Waals surface area contributed by atoms with Crippen LogP contribution in [0.4, 0.5) is 5.82 Å². The number of nitrogens with zero attached hydrogens (tertiary/aromatic N) is 4. The van der Waals surface area contributed by atoms with Crippen molar-refractivity contribution in [2.24, 2.45) is 10.1 Å². The van der Waals surface area contributed by atoms with E-state index in [0.717, 1.165) is 41.4 Å². The maximum Gasteiger partial charge on any atom is 0.347 e. The Bertz CT molecular complexity index is 668. The van der Waals surface area contributed by atoms with Crippen LogP contribution in [0.15, 0.2) is 4.40 Å². The van der Waals surface area contributed by atoms with Gasteiger partial charge in [-0.05, 0) is 32.6 Å². The van der Waals surface area contributed by atoms with Crippen LogP contribution in [0, 0.1) is 0 Å². The fraction of sp³-hybridized carbons (Fsp3) is 0.545. The van der Waals surface area contributed by atoms with Gasteiger partial charge in [-0.3, -0.25) is 0 Å². The molecule has 2 heterocycles. The van der Waals surface area contributed by atoms with E-state index in [2.05, 4.69) is 14.4 Å². The van der Waals surface area contributed by atoms with Gasteiger partial charge in [-0.25, -0.2) is 14.3 Å². The number of hydrogen-bond acceptors (Lipinski definition) is 5. The minimum Gasteiger partial charge on any atom is -0.381 e. The van der Waals surface area contributed by atoms with Gasteiger partial charge >= 0.3 is 10.2 Å². The van der Waals surface area contributed by atoms with Crippen molar-refractivity contribution in [2.75, 3.05) is 10.8 Å². The number of anilines is 1. The summed E-state index contributed by atoms with van der Waals surface area (Å²) in [5.41, 5.74) is 7.90. The van der Waals surface area contributed by atoms with Gasteiger partial charge in [0, 0.05) is 6.54 Å². The van der Waals surface area contributed by atoms with E-state index in [1.165, 1.54) is 0 Å². The van der Waals surface area contributed by atoms with E-state index >= 15 is 0 Å². The monoisotopic (exact) mass is 281 g/mol. The molecule has 0 amide bonds. The molecule has 0 saturated carbocycles. The molecular weight excluding hydrogens is 266 g/mol. The molecule has 0 fully saturated rings. The predicted molar refractivity (Wildman–Crippen MR) is 71.3 cm³/mol. The van der Waals surface area contributed by atoms with Crippen LogP contribution in [0.5, 0.6) is 0 Å². The molecule has 1 aromatic heterocycles. The lowest BCUT2D eigenvalue weighted by Crippen LogP contribution is -2.39. The number of aromatic nitrogens is 2. The first kappa shape index (κ1) is 12.3. The van der Waals surface area contributed by atoms with Crippen LogP contribution in [0.3, 0.4) is 0 Å². The molecular formula is C11H15N5O2S. The Morgan fingerprint density at radius 2 is 1.84 bits per heavy atom. The van der Waals surface area contributed by atoms with Gasteiger partial charge < -0.3 is 5.73 Å². The van der Waals surface area contributed by atoms with Gasteiger partial charge in [0.2, 0.25) is 0 Å². The van der Waals surface area contributed by atoms with Crippen molar-refractivity contribution in [3.8, 4) is 0 Å². The largest absolute Gasteiger partial charge is 0.381 e. The van der Waals surface area contributed by atoms with Crippen molar-refractivity contribution in [3.63, 3.8) is 0 Å². The lowest BCUT2D eigenvalue weighted by Gasteiger charge is -2.27. The van der Waals surface area contributed by atoms with Gasteiger partial charge in [-0.15, -0.1) is 4.40 Å². The smallest absolute Gasteiger partial charge is 0.347 e. The summed E-state index contributed by atoms with van der Waals surface area (Å²) in [4.78, 5) is 8.95. The van der Waals surface area contributed by atoms with Gasteiger partial charge in [0.25, 0.3) is 0 Å².